The van der Waals surface area contributed by atoms with E-state index in [4.69, 9.17) is 0 Å². The molecule has 2 heteroatoms. The van der Waals surface area contributed by atoms with E-state index in [1.807, 2.05) is 6.20 Å². The minimum Gasteiger partial charge on any atom is -0.308 e. The van der Waals surface area contributed by atoms with Crippen LogP contribution in [0.25, 0.3) is 0 Å². The zero-order valence-electron chi connectivity index (χ0n) is 9.95. The zero-order valence-corrected chi connectivity index (χ0v) is 9.95. The third-order valence-electron chi connectivity index (χ3n) is 4.26. The van der Waals surface area contributed by atoms with Crippen LogP contribution in [0.1, 0.15) is 36.9 Å². The van der Waals surface area contributed by atoms with Crippen molar-refractivity contribution in [1.29, 1.82) is 0 Å². The number of nitrogens with zero attached hydrogens (tertiary/aromatic N) is 1. The van der Waals surface area contributed by atoms with Crippen molar-refractivity contribution in [3.8, 4) is 0 Å². The average molecular weight is 216 g/mol. The first-order chi connectivity index (χ1) is 7.81. The van der Waals surface area contributed by atoms with Crippen molar-refractivity contribution in [2.75, 3.05) is 0 Å². The molecule has 0 aromatic carbocycles. The van der Waals surface area contributed by atoms with Crippen LogP contribution in [0.5, 0.6) is 0 Å². The Hall–Kier alpha value is -0.890. The molecule has 0 amide bonds. The molecule has 2 nitrogen and oxygen atoms in total. The van der Waals surface area contributed by atoms with E-state index in [1.165, 1.54) is 36.9 Å². The third-order valence-corrected chi connectivity index (χ3v) is 4.26. The molecule has 3 unspecified atom stereocenters. The van der Waals surface area contributed by atoms with Crippen molar-refractivity contribution in [3.05, 3.63) is 29.6 Å². The van der Waals surface area contributed by atoms with Gasteiger partial charge in [0.15, 0.2) is 0 Å². The van der Waals surface area contributed by atoms with E-state index in [1.54, 1.807) is 0 Å². The first kappa shape index (κ1) is 10.3. The molecule has 2 saturated carbocycles. The SMILES string of the molecule is Cc1ccc(CNC2CC3CCC2C3)nc1. The Morgan fingerprint density at radius 3 is 2.88 bits per heavy atom. The topological polar surface area (TPSA) is 24.9 Å². The van der Waals surface area contributed by atoms with Crippen LogP contribution in [-0.4, -0.2) is 11.0 Å². The fourth-order valence-corrected chi connectivity index (χ4v) is 3.33. The van der Waals surface area contributed by atoms with Crippen molar-refractivity contribution >= 4 is 0 Å². The molecule has 0 radical (unpaired) electrons. The Kier molecular flexibility index (Phi) is 2.68. The molecule has 0 spiro atoms. The van der Waals surface area contributed by atoms with Crippen molar-refractivity contribution < 1.29 is 0 Å². The van der Waals surface area contributed by atoms with Gasteiger partial charge in [0.05, 0.1) is 5.69 Å². The maximum absolute atomic E-state index is 4.44. The van der Waals surface area contributed by atoms with Crippen LogP contribution in [0, 0.1) is 18.8 Å². The van der Waals surface area contributed by atoms with Crippen LogP contribution in [-0.2, 0) is 6.54 Å². The number of hydrogen-bond acceptors (Lipinski definition) is 2. The van der Waals surface area contributed by atoms with Gasteiger partial charge >= 0.3 is 0 Å². The predicted molar refractivity (Wildman–Crippen MR) is 65.0 cm³/mol. The smallest absolute Gasteiger partial charge is 0.0541 e. The van der Waals surface area contributed by atoms with Crippen molar-refractivity contribution in [3.63, 3.8) is 0 Å². The standard InChI is InChI=1S/C14H20N2/c1-10-2-5-13(15-8-10)9-16-14-7-11-3-4-12(14)6-11/h2,5,8,11-12,14,16H,3-4,6-7,9H2,1H3. The first-order valence-electron chi connectivity index (χ1n) is 6.46. The van der Waals surface area contributed by atoms with E-state index in [9.17, 15) is 0 Å². The van der Waals surface area contributed by atoms with Crippen molar-refractivity contribution in [2.45, 2.75) is 45.2 Å². The molecule has 2 bridgehead atoms. The maximum Gasteiger partial charge on any atom is 0.0541 e. The summed E-state index contributed by atoms with van der Waals surface area (Å²) in [5.74, 6) is 1.98. The molecular formula is C14H20N2. The fourth-order valence-electron chi connectivity index (χ4n) is 3.33. The molecule has 3 atom stereocenters. The van der Waals surface area contributed by atoms with E-state index >= 15 is 0 Å². The quantitative estimate of drug-likeness (QED) is 0.840. The van der Waals surface area contributed by atoms with Gasteiger partial charge in [0.25, 0.3) is 0 Å². The highest BCUT2D eigenvalue weighted by atomic mass is 14.9. The molecule has 3 rings (SSSR count). The van der Waals surface area contributed by atoms with Gasteiger partial charge in [0, 0.05) is 18.8 Å². The number of fused-ring (bicyclic) bond motifs is 2. The van der Waals surface area contributed by atoms with Crippen LogP contribution < -0.4 is 5.32 Å². The second kappa shape index (κ2) is 4.17. The van der Waals surface area contributed by atoms with Crippen LogP contribution in [0.2, 0.25) is 0 Å². The molecule has 1 N–H and O–H groups in total. The molecule has 1 heterocycles. The summed E-state index contributed by atoms with van der Waals surface area (Å²) in [5.41, 5.74) is 2.41. The lowest BCUT2D eigenvalue weighted by atomic mass is 9.95. The fraction of sp³-hybridized carbons (Fsp3) is 0.643. The normalized spacial score (nSPS) is 32.2. The highest BCUT2D eigenvalue weighted by Crippen LogP contribution is 2.44. The lowest BCUT2D eigenvalue weighted by Gasteiger charge is -2.22. The first-order valence-corrected chi connectivity index (χ1v) is 6.46. The largest absolute Gasteiger partial charge is 0.308 e. The summed E-state index contributed by atoms with van der Waals surface area (Å²) in [4.78, 5) is 4.44. The summed E-state index contributed by atoms with van der Waals surface area (Å²) < 4.78 is 0. The molecular weight excluding hydrogens is 196 g/mol. The Morgan fingerprint density at radius 2 is 2.25 bits per heavy atom. The summed E-state index contributed by atoms with van der Waals surface area (Å²) in [6.45, 7) is 3.02. The van der Waals surface area contributed by atoms with Crippen LogP contribution in [0.3, 0.4) is 0 Å². The van der Waals surface area contributed by atoms with Gasteiger partial charge in [-0.05, 0) is 49.7 Å². The minimum absolute atomic E-state index is 0.766. The monoisotopic (exact) mass is 216 g/mol. The van der Waals surface area contributed by atoms with Gasteiger partial charge in [-0.25, -0.2) is 0 Å². The van der Waals surface area contributed by atoms with Gasteiger partial charge in [0.1, 0.15) is 0 Å². The number of nitrogens with one attached hydrogen (secondary N) is 1. The van der Waals surface area contributed by atoms with Gasteiger partial charge < -0.3 is 5.32 Å². The molecule has 0 saturated heterocycles. The molecule has 2 aliphatic carbocycles. The lowest BCUT2D eigenvalue weighted by Crippen LogP contribution is -2.33. The molecule has 0 aliphatic heterocycles. The second-order valence-corrected chi connectivity index (χ2v) is 5.49. The molecule has 2 fully saturated rings. The van der Waals surface area contributed by atoms with E-state index < -0.39 is 0 Å². The van der Waals surface area contributed by atoms with Gasteiger partial charge in [-0.3, -0.25) is 4.98 Å². The maximum atomic E-state index is 4.44. The lowest BCUT2D eigenvalue weighted by molar-refractivity contribution is 0.349. The van der Waals surface area contributed by atoms with E-state index in [0.717, 1.165) is 24.4 Å². The zero-order chi connectivity index (χ0) is 11.0. The van der Waals surface area contributed by atoms with Gasteiger partial charge in [-0.2, -0.15) is 0 Å². The van der Waals surface area contributed by atoms with E-state index in [2.05, 4.69) is 29.4 Å². The number of aromatic nitrogens is 1. The number of aryl methyl sites for hydroxylation is 1. The average Bonchev–Trinajstić information content (AvgIpc) is 2.90. The molecule has 1 aromatic rings. The Labute approximate surface area is 97.5 Å². The minimum atomic E-state index is 0.766. The summed E-state index contributed by atoms with van der Waals surface area (Å²) in [6.07, 6.45) is 7.75. The molecule has 16 heavy (non-hydrogen) atoms. The second-order valence-electron chi connectivity index (χ2n) is 5.49. The Balaban J connectivity index is 1.55. The van der Waals surface area contributed by atoms with Crippen LogP contribution in [0.4, 0.5) is 0 Å². The summed E-state index contributed by atoms with van der Waals surface area (Å²) in [7, 11) is 0. The summed E-state index contributed by atoms with van der Waals surface area (Å²) in [5, 5.41) is 3.69. The molecule has 1 aromatic heterocycles. The number of pyridine rings is 1. The summed E-state index contributed by atoms with van der Waals surface area (Å²) in [6, 6.07) is 5.04. The van der Waals surface area contributed by atoms with E-state index in [-0.39, 0.29) is 0 Å². The third kappa shape index (κ3) is 1.99. The Bertz CT molecular complexity index is 358. The molecule has 2 aliphatic rings. The van der Waals surface area contributed by atoms with Crippen molar-refractivity contribution in [2.24, 2.45) is 11.8 Å². The van der Waals surface area contributed by atoms with Crippen LogP contribution in [0.15, 0.2) is 18.3 Å². The highest BCUT2D eigenvalue weighted by Gasteiger charge is 2.38. The number of rotatable bonds is 3. The molecule has 86 valence electrons. The highest BCUT2D eigenvalue weighted by molar-refractivity contribution is 5.12. The van der Waals surface area contributed by atoms with Gasteiger partial charge in [-0.1, -0.05) is 12.5 Å². The Morgan fingerprint density at radius 1 is 1.31 bits per heavy atom. The van der Waals surface area contributed by atoms with Crippen molar-refractivity contribution in [1.82, 2.24) is 10.3 Å². The van der Waals surface area contributed by atoms with Gasteiger partial charge in [0.2, 0.25) is 0 Å². The number of hydrogen-bond donors (Lipinski definition) is 1. The van der Waals surface area contributed by atoms with Gasteiger partial charge in [-0.15, -0.1) is 0 Å². The van der Waals surface area contributed by atoms with Crippen LogP contribution >= 0.6 is 0 Å². The summed E-state index contributed by atoms with van der Waals surface area (Å²) >= 11 is 0. The predicted octanol–water partition coefficient (Wildman–Crippen LogP) is 2.67. The van der Waals surface area contributed by atoms with E-state index in [0.29, 0.717) is 0 Å².